The van der Waals surface area contributed by atoms with Gasteiger partial charge in [-0.15, -0.1) is 10.2 Å². The lowest BCUT2D eigenvalue weighted by Gasteiger charge is -2.15. The maximum Gasteiger partial charge on any atom is 0.225 e. The molecule has 0 saturated carbocycles. The van der Waals surface area contributed by atoms with Crippen LogP contribution in [0.15, 0.2) is 60.9 Å². The molecule has 0 spiro atoms. The highest BCUT2D eigenvalue weighted by atomic mass is 16.5. The molecule has 6 nitrogen and oxygen atoms in total. The van der Waals surface area contributed by atoms with E-state index in [1.54, 1.807) is 6.33 Å². The van der Waals surface area contributed by atoms with E-state index in [1.807, 2.05) is 73.0 Å². The molecule has 1 amide bonds. The summed E-state index contributed by atoms with van der Waals surface area (Å²) in [5.41, 5.74) is 1.94. The molecule has 140 valence electrons. The van der Waals surface area contributed by atoms with Crippen LogP contribution in [0.4, 0.5) is 0 Å². The van der Waals surface area contributed by atoms with Gasteiger partial charge in [0.25, 0.3) is 0 Å². The Morgan fingerprint density at radius 3 is 2.67 bits per heavy atom. The van der Waals surface area contributed by atoms with E-state index >= 15 is 0 Å². The minimum Gasteiger partial charge on any atom is -0.489 e. The number of aromatic nitrogens is 3. The molecule has 0 bridgehead atoms. The topological polar surface area (TPSA) is 69.0 Å². The number of carbonyl (C=O) groups excluding carboxylic acids is 1. The predicted octanol–water partition coefficient (Wildman–Crippen LogP) is 3.30. The molecule has 1 aromatic heterocycles. The van der Waals surface area contributed by atoms with E-state index in [0.29, 0.717) is 6.61 Å². The fraction of sp³-hybridized carbons (Fsp3) is 0.286. The molecular weight excluding hydrogens is 340 g/mol. The van der Waals surface area contributed by atoms with Gasteiger partial charge in [0, 0.05) is 12.1 Å². The van der Waals surface area contributed by atoms with Crippen molar-refractivity contribution in [2.75, 3.05) is 0 Å². The van der Waals surface area contributed by atoms with Crippen LogP contribution in [-0.4, -0.2) is 20.7 Å². The molecule has 6 heteroatoms. The van der Waals surface area contributed by atoms with Gasteiger partial charge in [0.2, 0.25) is 5.91 Å². The quantitative estimate of drug-likeness (QED) is 0.666. The Balaban J connectivity index is 1.62. The smallest absolute Gasteiger partial charge is 0.225 e. The van der Waals surface area contributed by atoms with Crippen molar-refractivity contribution in [3.8, 4) is 5.75 Å². The van der Waals surface area contributed by atoms with Crippen molar-refractivity contribution in [3.63, 3.8) is 0 Å². The fourth-order valence-corrected chi connectivity index (χ4v) is 2.90. The van der Waals surface area contributed by atoms with Gasteiger partial charge in [-0.25, -0.2) is 0 Å². The van der Waals surface area contributed by atoms with Crippen molar-refractivity contribution in [2.24, 2.45) is 0 Å². The Morgan fingerprint density at radius 2 is 1.89 bits per heavy atom. The van der Waals surface area contributed by atoms with Crippen molar-refractivity contribution in [1.29, 1.82) is 0 Å². The molecule has 3 aromatic rings. The van der Waals surface area contributed by atoms with E-state index < -0.39 is 0 Å². The lowest BCUT2D eigenvalue weighted by Crippen LogP contribution is -2.30. The molecule has 0 aliphatic carbocycles. The standard InChI is InChI=1S/C21H24N4O2/c1-3-25-15-22-24-21(25)16(2)23-20(26)13-18-11-7-8-12-19(18)27-14-17-9-5-4-6-10-17/h4-12,15-16H,3,13-14H2,1-2H3,(H,23,26). The Morgan fingerprint density at radius 1 is 1.15 bits per heavy atom. The predicted molar refractivity (Wildman–Crippen MR) is 103 cm³/mol. The van der Waals surface area contributed by atoms with Gasteiger partial charge in [-0.3, -0.25) is 4.79 Å². The lowest BCUT2D eigenvalue weighted by molar-refractivity contribution is -0.121. The SMILES string of the molecule is CCn1cnnc1C(C)NC(=O)Cc1ccccc1OCc1ccccc1. The summed E-state index contributed by atoms with van der Waals surface area (Å²) in [6.07, 6.45) is 1.92. The molecule has 0 aliphatic heterocycles. The van der Waals surface area contributed by atoms with Crippen molar-refractivity contribution in [3.05, 3.63) is 77.9 Å². The van der Waals surface area contributed by atoms with E-state index in [1.165, 1.54) is 0 Å². The largest absolute Gasteiger partial charge is 0.489 e. The van der Waals surface area contributed by atoms with Gasteiger partial charge >= 0.3 is 0 Å². The number of carbonyl (C=O) groups is 1. The summed E-state index contributed by atoms with van der Waals surface area (Å²) in [6, 6.07) is 17.4. The second-order valence-corrected chi connectivity index (χ2v) is 6.32. The summed E-state index contributed by atoms with van der Waals surface area (Å²) in [4.78, 5) is 12.5. The molecule has 2 aromatic carbocycles. The third-order valence-electron chi connectivity index (χ3n) is 4.31. The van der Waals surface area contributed by atoms with Crippen LogP contribution in [0.3, 0.4) is 0 Å². The van der Waals surface area contributed by atoms with Crippen LogP contribution in [0, 0.1) is 0 Å². The molecule has 1 unspecified atom stereocenters. The number of aryl methyl sites for hydroxylation is 1. The Bertz CT molecular complexity index is 877. The summed E-state index contributed by atoms with van der Waals surface area (Å²) in [5.74, 6) is 1.39. The number of rotatable bonds is 8. The molecule has 0 fully saturated rings. The third-order valence-corrected chi connectivity index (χ3v) is 4.31. The van der Waals surface area contributed by atoms with Crippen LogP contribution in [0.25, 0.3) is 0 Å². The van der Waals surface area contributed by atoms with Gasteiger partial charge < -0.3 is 14.6 Å². The first-order valence-corrected chi connectivity index (χ1v) is 9.09. The first-order valence-electron chi connectivity index (χ1n) is 9.09. The summed E-state index contributed by atoms with van der Waals surface area (Å²) < 4.78 is 7.85. The Labute approximate surface area is 159 Å². The van der Waals surface area contributed by atoms with Gasteiger partial charge in [0.1, 0.15) is 18.7 Å². The molecule has 1 N–H and O–H groups in total. The average Bonchev–Trinajstić information content (AvgIpc) is 3.17. The van der Waals surface area contributed by atoms with Crippen molar-refractivity contribution in [1.82, 2.24) is 20.1 Å². The first kappa shape index (κ1) is 18.6. The van der Waals surface area contributed by atoms with E-state index in [2.05, 4.69) is 15.5 Å². The molecule has 0 aliphatic rings. The molecule has 1 atom stereocenters. The number of nitrogens with one attached hydrogen (secondary N) is 1. The highest BCUT2D eigenvalue weighted by molar-refractivity contribution is 5.79. The van der Waals surface area contributed by atoms with Crippen LogP contribution in [0.2, 0.25) is 0 Å². The van der Waals surface area contributed by atoms with Gasteiger partial charge in [0.05, 0.1) is 12.5 Å². The summed E-state index contributed by atoms with van der Waals surface area (Å²) in [6.45, 7) is 5.15. The monoisotopic (exact) mass is 364 g/mol. The summed E-state index contributed by atoms with van der Waals surface area (Å²) in [7, 11) is 0. The van der Waals surface area contributed by atoms with Crippen molar-refractivity contribution in [2.45, 2.75) is 39.5 Å². The minimum atomic E-state index is -0.211. The third kappa shape index (κ3) is 4.94. The molecule has 27 heavy (non-hydrogen) atoms. The van der Waals surface area contributed by atoms with Crippen LogP contribution in [0.1, 0.15) is 36.8 Å². The van der Waals surface area contributed by atoms with E-state index in [-0.39, 0.29) is 18.4 Å². The maximum atomic E-state index is 12.5. The van der Waals surface area contributed by atoms with Gasteiger partial charge in [-0.05, 0) is 25.5 Å². The second-order valence-electron chi connectivity index (χ2n) is 6.32. The van der Waals surface area contributed by atoms with Gasteiger partial charge in [-0.1, -0.05) is 48.5 Å². The maximum absolute atomic E-state index is 12.5. The van der Waals surface area contributed by atoms with Crippen molar-refractivity contribution < 1.29 is 9.53 Å². The summed E-state index contributed by atoms with van der Waals surface area (Å²) in [5, 5.41) is 11.0. The van der Waals surface area contributed by atoms with E-state index in [9.17, 15) is 4.79 Å². The fourth-order valence-electron chi connectivity index (χ4n) is 2.90. The van der Waals surface area contributed by atoms with Crippen LogP contribution in [-0.2, 0) is 24.4 Å². The highest BCUT2D eigenvalue weighted by Gasteiger charge is 2.16. The number of ether oxygens (including phenoxy) is 1. The second kappa shape index (κ2) is 8.98. The van der Waals surface area contributed by atoms with Crippen LogP contribution >= 0.6 is 0 Å². The molecular formula is C21H24N4O2. The Hall–Kier alpha value is -3.15. The number of benzene rings is 2. The van der Waals surface area contributed by atoms with Crippen LogP contribution in [0.5, 0.6) is 5.75 Å². The molecule has 3 rings (SSSR count). The highest BCUT2D eigenvalue weighted by Crippen LogP contribution is 2.20. The normalized spacial score (nSPS) is 11.8. The Kier molecular flexibility index (Phi) is 6.20. The minimum absolute atomic E-state index is 0.0797. The number of hydrogen-bond acceptors (Lipinski definition) is 4. The lowest BCUT2D eigenvalue weighted by atomic mass is 10.1. The number of nitrogens with zero attached hydrogens (tertiary/aromatic N) is 3. The van der Waals surface area contributed by atoms with Gasteiger partial charge in [-0.2, -0.15) is 0 Å². The number of para-hydroxylation sites is 1. The molecule has 1 heterocycles. The zero-order valence-electron chi connectivity index (χ0n) is 15.6. The number of amides is 1. The van der Waals surface area contributed by atoms with E-state index in [0.717, 1.165) is 29.2 Å². The zero-order valence-corrected chi connectivity index (χ0v) is 15.6. The summed E-state index contributed by atoms with van der Waals surface area (Å²) >= 11 is 0. The van der Waals surface area contributed by atoms with E-state index in [4.69, 9.17) is 4.74 Å². The average molecular weight is 364 g/mol. The first-order chi connectivity index (χ1) is 13.2. The molecule has 0 saturated heterocycles. The van der Waals surface area contributed by atoms with Crippen LogP contribution < -0.4 is 10.1 Å². The molecule has 0 radical (unpaired) electrons. The number of hydrogen-bond donors (Lipinski definition) is 1. The van der Waals surface area contributed by atoms with Crippen molar-refractivity contribution >= 4 is 5.91 Å². The van der Waals surface area contributed by atoms with Gasteiger partial charge in [0.15, 0.2) is 5.82 Å². The zero-order chi connectivity index (χ0) is 19.1.